The molecule has 3 unspecified atom stereocenters. The summed E-state index contributed by atoms with van der Waals surface area (Å²) in [6.45, 7) is 5.29. The van der Waals surface area contributed by atoms with Crippen LogP contribution >= 0.6 is 8.03 Å². The van der Waals surface area contributed by atoms with Crippen molar-refractivity contribution in [2.24, 2.45) is 5.92 Å². The smallest absolute Gasteiger partial charge is 0.313 e. The minimum absolute atomic E-state index is 0.289. The van der Waals surface area contributed by atoms with Crippen molar-refractivity contribution in [1.29, 1.82) is 0 Å². The fourth-order valence-corrected chi connectivity index (χ4v) is 1.73. The lowest BCUT2D eigenvalue weighted by atomic mass is 10.0. The summed E-state index contributed by atoms with van der Waals surface area (Å²) in [6.07, 6.45) is 0.489. The lowest BCUT2D eigenvalue weighted by Crippen LogP contribution is -2.27. The van der Waals surface area contributed by atoms with Gasteiger partial charge >= 0.3 is 14.0 Å². The Kier molecular flexibility index (Phi) is 5.84. The van der Waals surface area contributed by atoms with Crippen molar-refractivity contribution in [2.45, 2.75) is 32.9 Å². The van der Waals surface area contributed by atoms with Gasteiger partial charge in [-0.2, -0.15) is 0 Å². The molecule has 4 nitrogen and oxygen atoms in total. The zero-order valence-electron chi connectivity index (χ0n) is 8.15. The third-order valence-electron chi connectivity index (χ3n) is 1.94. The van der Waals surface area contributed by atoms with Gasteiger partial charge in [-0.3, -0.25) is 4.79 Å². The summed E-state index contributed by atoms with van der Waals surface area (Å²) in [6, 6.07) is 0. The molecule has 0 aromatic carbocycles. The molecule has 0 bridgehead atoms. The van der Waals surface area contributed by atoms with Gasteiger partial charge in [-0.1, -0.05) is 11.5 Å². The highest BCUT2D eigenvalue weighted by Gasteiger charge is 2.32. The molecule has 0 spiro atoms. The Hall–Kier alpha value is -0.470. The van der Waals surface area contributed by atoms with E-state index < -0.39 is 25.6 Å². The first-order valence-electron chi connectivity index (χ1n) is 4.34. The van der Waals surface area contributed by atoms with Gasteiger partial charge in [0, 0.05) is 0 Å². The third-order valence-corrected chi connectivity index (χ3v) is 2.97. The van der Waals surface area contributed by atoms with E-state index in [2.05, 4.69) is 0 Å². The first-order chi connectivity index (χ1) is 6.04. The minimum Gasteiger partial charge on any atom is -0.595 e. The fourth-order valence-electron chi connectivity index (χ4n) is 1.10. The van der Waals surface area contributed by atoms with Crippen LogP contribution in [0.25, 0.3) is 0 Å². The highest BCUT2D eigenvalue weighted by Crippen LogP contribution is 2.27. The van der Waals surface area contributed by atoms with Gasteiger partial charge in [0.05, 0.1) is 6.61 Å². The molecule has 5 heteroatoms. The zero-order valence-corrected chi connectivity index (χ0v) is 9.04. The van der Waals surface area contributed by atoms with Crippen molar-refractivity contribution in [1.82, 2.24) is 0 Å². The summed E-state index contributed by atoms with van der Waals surface area (Å²) in [5.74, 6) is -0.947. The molecule has 0 amide bonds. The predicted molar refractivity (Wildman–Crippen MR) is 47.5 cm³/mol. The topological polar surface area (TPSA) is 66.4 Å². The van der Waals surface area contributed by atoms with E-state index in [4.69, 9.17) is 4.74 Å². The highest BCUT2D eigenvalue weighted by atomic mass is 31.1. The molecule has 0 aliphatic rings. The highest BCUT2D eigenvalue weighted by molar-refractivity contribution is 7.37. The summed E-state index contributed by atoms with van der Waals surface area (Å²) in [4.78, 5) is 21.9. The van der Waals surface area contributed by atoms with Crippen molar-refractivity contribution < 1.29 is 19.0 Å². The molecule has 76 valence electrons. The number of carbonyl (C=O) groups excluding carboxylic acids is 1. The van der Waals surface area contributed by atoms with Gasteiger partial charge in [0.2, 0.25) is 0 Å². The third kappa shape index (κ3) is 3.83. The van der Waals surface area contributed by atoms with Crippen LogP contribution in [0.2, 0.25) is 0 Å². The SMILES string of the molecule is CCOC(=O)C(CC)C(C)[P+](=O)[O-]. The van der Waals surface area contributed by atoms with Gasteiger partial charge in [-0.25, -0.2) is 0 Å². The van der Waals surface area contributed by atoms with Gasteiger partial charge < -0.3 is 9.63 Å². The van der Waals surface area contributed by atoms with Gasteiger partial charge in [0.25, 0.3) is 0 Å². The summed E-state index contributed by atoms with van der Waals surface area (Å²) >= 11 is 0. The van der Waals surface area contributed by atoms with Crippen LogP contribution in [-0.4, -0.2) is 18.2 Å². The van der Waals surface area contributed by atoms with Crippen LogP contribution in [0.1, 0.15) is 27.2 Å². The van der Waals surface area contributed by atoms with Crippen LogP contribution in [0.4, 0.5) is 0 Å². The van der Waals surface area contributed by atoms with E-state index in [0.717, 1.165) is 0 Å². The molecule has 13 heavy (non-hydrogen) atoms. The van der Waals surface area contributed by atoms with Crippen LogP contribution < -0.4 is 4.89 Å². The predicted octanol–water partition coefficient (Wildman–Crippen LogP) is 1.07. The van der Waals surface area contributed by atoms with Crippen molar-refractivity contribution in [3.63, 3.8) is 0 Å². The summed E-state index contributed by atoms with van der Waals surface area (Å²) in [5.41, 5.74) is -0.640. The van der Waals surface area contributed by atoms with E-state index in [1.165, 1.54) is 6.92 Å². The van der Waals surface area contributed by atoms with E-state index in [0.29, 0.717) is 6.42 Å². The Morgan fingerprint density at radius 1 is 1.54 bits per heavy atom. The number of carbonyl (C=O) groups is 1. The van der Waals surface area contributed by atoms with E-state index >= 15 is 0 Å². The first-order valence-corrected chi connectivity index (χ1v) is 5.59. The van der Waals surface area contributed by atoms with Crippen LogP contribution in [0, 0.1) is 5.92 Å². The molecule has 0 radical (unpaired) electrons. The maximum absolute atomic E-state index is 11.2. The fraction of sp³-hybridized carbons (Fsp3) is 0.875. The maximum atomic E-state index is 11.2. The number of ether oxygens (including phenoxy) is 1. The molecule has 3 atom stereocenters. The zero-order chi connectivity index (χ0) is 10.4. The van der Waals surface area contributed by atoms with Gasteiger partial charge in [-0.15, -0.1) is 0 Å². The summed E-state index contributed by atoms with van der Waals surface area (Å²) < 4.78 is 15.4. The van der Waals surface area contributed by atoms with E-state index in [-0.39, 0.29) is 6.61 Å². The molecule has 0 saturated heterocycles. The Morgan fingerprint density at radius 2 is 2.08 bits per heavy atom. The second-order valence-corrected chi connectivity index (χ2v) is 4.18. The molecule has 0 aliphatic heterocycles. The number of esters is 1. The average molecular weight is 206 g/mol. The Balaban J connectivity index is 4.31. The van der Waals surface area contributed by atoms with Crippen LogP contribution in [0.5, 0.6) is 0 Å². The average Bonchev–Trinajstić information content (AvgIpc) is 2.05. The van der Waals surface area contributed by atoms with E-state index in [1.807, 2.05) is 0 Å². The van der Waals surface area contributed by atoms with Crippen LogP contribution in [0.3, 0.4) is 0 Å². The largest absolute Gasteiger partial charge is 0.595 e. The standard InChI is InChI=1S/C8H15O4P/c1-4-7(6(3)13(10)11)8(9)12-5-2/h6-7H,4-5H2,1-3H3. The van der Waals surface area contributed by atoms with Crippen molar-refractivity contribution in [3.05, 3.63) is 0 Å². The minimum atomic E-state index is -2.55. The normalized spacial score (nSPS) is 16.2. The molecule has 0 N–H and O–H groups in total. The molecular formula is C8H15O4P. The van der Waals surface area contributed by atoms with Crippen LogP contribution in [0.15, 0.2) is 0 Å². The summed E-state index contributed by atoms with van der Waals surface area (Å²) in [7, 11) is -2.55. The van der Waals surface area contributed by atoms with Gasteiger partial charge in [-0.05, 0) is 20.3 Å². The molecular weight excluding hydrogens is 191 g/mol. The van der Waals surface area contributed by atoms with Crippen molar-refractivity contribution >= 4 is 14.0 Å². The maximum Gasteiger partial charge on any atom is 0.313 e. The molecule has 0 fully saturated rings. The Bertz CT molecular complexity index is 193. The van der Waals surface area contributed by atoms with Crippen molar-refractivity contribution in [2.75, 3.05) is 6.61 Å². The first kappa shape index (κ1) is 12.5. The lowest BCUT2D eigenvalue weighted by molar-refractivity contribution is -0.169. The quantitative estimate of drug-likeness (QED) is 0.498. The Morgan fingerprint density at radius 3 is 2.38 bits per heavy atom. The Labute approximate surface area is 79.2 Å². The summed E-state index contributed by atoms with van der Waals surface area (Å²) in [5, 5.41) is 0. The molecule has 0 aromatic rings. The van der Waals surface area contributed by atoms with Gasteiger partial charge in [0.1, 0.15) is 5.92 Å². The number of hydrogen-bond acceptors (Lipinski definition) is 4. The molecule has 0 heterocycles. The van der Waals surface area contributed by atoms with Crippen LogP contribution in [-0.2, 0) is 14.1 Å². The molecule has 0 aliphatic carbocycles. The number of rotatable bonds is 5. The van der Waals surface area contributed by atoms with Gasteiger partial charge in [0.15, 0.2) is 5.66 Å². The molecule has 0 aromatic heterocycles. The second-order valence-electron chi connectivity index (χ2n) is 2.79. The monoisotopic (exact) mass is 206 g/mol. The lowest BCUT2D eigenvalue weighted by Gasteiger charge is -2.14. The number of hydrogen-bond donors (Lipinski definition) is 0. The van der Waals surface area contributed by atoms with E-state index in [9.17, 15) is 14.3 Å². The molecule has 0 rings (SSSR count). The molecule has 0 saturated carbocycles. The van der Waals surface area contributed by atoms with E-state index in [1.54, 1.807) is 13.8 Å². The second kappa shape index (κ2) is 6.06. The van der Waals surface area contributed by atoms with Crippen molar-refractivity contribution in [3.8, 4) is 0 Å².